The van der Waals surface area contributed by atoms with Crippen LogP contribution >= 0.6 is 34.8 Å². The zero-order chi connectivity index (χ0) is 17.5. The topological polar surface area (TPSA) is 87.3 Å². The Hall–Kier alpha value is -1.67. The summed E-state index contributed by atoms with van der Waals surface area (Å²) < 4.78 is 25.5. The van der Waals surface area contributed by atoms with E-state index in [-0.39, 0.29) is 15.8 Å². The summed E-state index contributed by atoms with van der Waals surface area (Å²) in [6.45, 7) is 0. The van der Waals surface area contributed by atoms with Crippen molar-refractivity contribution in [3.8, 4) is 0 Å². The quantitative estimate of drug-likeness (QED) is 0.684. The number of hydrogen-bond donors (Lipinski definition) is 3. The fourth-order valence-electron chi connectivity index (χ4n) is 2.23. The Bertz CT molecular complexity index is 948. The summed E-state index contributed by atoms with van der Waals surface area (Å²) in [5.41, 5.74) is 1.49. The molecule has 1 aliphatic rings. The summed E-state index contributed by atoms with van der Waals surface area (Å²) in [6, 6.07) is 7.23. The Labute approximate surface area is 153 Å². The predicted octanol–water partition coefficient (Wildman–Crippen LogP) is 4.55. The maximum absolute atomic E-state index is 12.1. The van der Waals surface area contributed by atoms with E-state index in [2.05, 4.69) is 15.4 Å². The zero-order valence-electron chi connectivity index (χ0n) is 11.9. The van der Waals surface area contributed by atoms with Crippen LogP contribution in [0.1, 0.15) is 5.56 Å². The van der Waals surface area contributed by atoms with Gasteiger partial charge < -0.3 is 10.6 Å². The van der Waals surface area contributed by atoms with Gasteiger partial charge in [0.15, 0.2) is 0 Å². The number of rotatable bonds is 2. The Morgan fingerprint density at radius 2 is 1.83 bits per heavy atom. The summed E-state index contributed by atoms with van der Waals surface area (Å²) in [7, 11) is -3.43. The van der Waals surface area contributed by atoms with Crippen molar-refractivity contribution < 1.29 is 13.2 Å². The molecule has 2 amide bonds. The third-order valence-corrected chi connectivity index (χ3v) is 5.61. The van der Waals surface area contributed by atoms with Gasteiger partial charge in [0.05, 0.1) is 27.2 Å². The molecule has 2 aromatic rings. The van der Waals surface area contributed by atoms with Gasteiger partial charge in [-0.05, 0) is 24.3 Å². The second kappa shape index (κ2) is 6.33. The van der Waals surface area contributed by atoms with E-state index in [1.54, 1.807) is 18.2 Å². The molecule has 0 aromatic heterocycles. The largest absolute Gasteiger partial charge is 0.323 e. The Morgan fingerprint density at radius 3 is 2.58 bits per heavy atom. The monoisotopic (exact) mass is 405 g/mol. The maximum Gasteiger partial charge on any atom is 0.323 e. The summed E-state index contributed by atoms with van der Waals surface area (Å²) >= 11 is 18.0. The molecule has 3 rings (SSSR count). The van der Waals surface area contributed by atoms with Crippen LogP contribution in [-0.2, 0) is 15.8 Å². The van der Waals surface area contributed by atoms with Crippen LogP contribution in [0.5, 0.6) is 0 Å². The number of benzene rings is 2. The first-order valence-corrected chi connectivity index (χ1v) is 9.39. The molecule has 24 heavy (non-hydrogen) atoms. The fourth-order valence-corrected chi connectivity index (χ4v) is 4.22. The molecule has 1 aliphatic heterocycles. The van der Waals surface area contributed by atoms with Crippen molar-refractivity contribution in [2.24, 2.45) is 0 Å². The number of nitrogens with one attached hydrogen (secondary N) is 3. The zero-order valence-corrected chi connectivity index (χ0v) is 14.9. The first kappa shape index (κ1) is 17.2. The number of amides is 2. The third-order valence-electron chi connectivity index (χ3n) is 3.25. The van der Waals surface area contributed by atoms with E-state index in [4.69, 9.17) is 34.8 Å². The number of sulfonamides is 1. The van der Waals surface area contributed by atoms with Gasteiger partial charge in [0, 0.05) is 16.3 Å². The summed E-state index contributed by atoms with van der Waals surface area (Å²) in [5, 5.41) is 5.89. The minimum absolute atomic E-state index is 0.189. The average molecular weight is 407 g/mol. The van der Waals surface area contributed by atoms with Crippen LogP contribution in [0.4, 0.5) is 21.9 Å². The van der Waals surface area contributed by atoms with Crippen LogP contribution in [0, 0.1) is 0 Å². The molecule has 6 nitrogen and oxygen atoms in total. The molecule has 10 heteroatoms. The molecule has 0 unspecified atom stereocenters. The van der Waals surface area contributed by atoms with Crippen LogP contribution in [0.25, 0.3) is 0 Å². The number of fused-ring (bicyclic) bond motifs is 1. The summed E-state index contributed by atoms with van der Waals surface area (Å²) in [4.78, 5) is 12.1. The van der Waals surface area contributed by atoms with Gasteiger partial charge >= 0.3 is 6.03 Å². The molecule has 0 aliphatic carbocycles. The number of urea groups is 1. The smallest absolute Gasteiger partial charge is 0.308 e. The molecule has 3 N–H and O–H groups in total. The van der Waals surface area contributed by atoms with E-state index in [1.807, 2.05) is 0 Å². The number of carbonyl (C=O) groups excluding carboxylic acids is 1. The van der Waals surface area contributed by atoms with Gasteiger partial charge in [-0.3, -0.25) is 4.72 Å². The number of halogens is 3. The van der Waals surface area contributed by atoms with E-state index >= 15 is 0 Å². The number of hydrogen-bond acceptors (Lipinski definition) is 3. The number of anilines is 3. The van der Waals surface area contributed by atoms with Crippen LogP contribution < -0.4 is 15.4 Å². The second-order valence-electron chi connectivity index (χ2n) is 5.03. The Morgan fingerprint density at radius 1 is 1.08 bits per heavy atom. The van der Waals surface area contributed by atoms with Crippen molar-refractivity contribution in [3.63, 3.8) is 0 Å². The van der Waals surface area contributed by atoms with Crippen molar-refractivity contribution in [2.75, 3.05) is 15.4 Å². The van der Waals surface area contributed by atoms with Gasteiger partial charge in [-0.15, -0.1) is 0 Å². The average Bonchev–Trinajstić information content (AvgIpc) is 2.79. The standard InChI is InChI=1S/C14H10Cl3N3O3S/c15-9-2-1-3-11(13(9)17)19-14(21)18-7-4-10(16)8-6-24(22,23)20-12(8)5-7/h1-5,20H,6H2,(H2,18,19,21). The minimum atomic E-state index is -3.43. The van der Waals surface area contributed by atoms with Crippen molar-refractivity contribution in [1.29, 1.82) is 0 Å². The molecular formula is C14H10Cl3N3O3S. The second-order valence-corrected chi connectivity index (χ2v) is 7.94. The summed E-state index contributed by atoms with van der Waals surface area (Å²) in [5.74, 6) is -0.189. The lowest BCUT2D eigenvalue weighted by molar-refractivity contribution is 0.262. The highest BCUT2D eigenvalue weighted by Crippen LogP contribution is 2.36. The molecule has 0 saturated carbocycles. The predicted molar refractivity (Wildman–Crippen MR) is 96.8 cm³/mol. The third kappa shape index (κ3) is 3.54. The van der Waals surface area contributed by atoms with Gasteiger partial charge in [-0.2, -0.15) is 0 Å². The van der Waals surface area contributed by atoms with E-state index in [9.17, 15) is 13.2 Å². The van der Waals surface area contributed by atoms with Crippen LogP contribution in [0.2, 0.25) is 15.1 Å². The van der Waals surface area contributed by atoms with Crippen LogP contribution in [0.15, 0.2) is 30.3 Å². The molecule has 0 spiro atoms. The maximum atomic E-state index is 12.1. The minimum Gasteiger partial charge on any atom is -0.308 e. The van der Waals surface area contributed by atoms with Gasteiger partial charge in [0.2, 0.25) is 10.0 Å². The van der Waals surface area contributed by atoms with E-state index < -0.39 is 16.1 Å². The molecule has 0 atom stereocenters. The van der Waals surface area contributed by atoms with Gasteiger partial charge in [0.25, 0.3) is 0 Å². The normalized spacial score (nSPS) is 14.6. The fraction of sp³-hybridized carbons (Fsp3) is 0.0714. The number of carbonyl (C=O) groups is 1. The highest BCUT2D eigenvalue weighted by molar-refractivity contribution is 7.92. The SMILES string of the molecule is O=C(Nc1cc(Cl)c2c(c1)NS(=O)(=O)C2)Nc1cccc(Cl)c1Cl. The molecule has 0 saturated heterocycles. The first-order chi connectivity index (χ1) is 11.2. The lowest BCUT2D eigenvalue weighted by Gasteiger charge is -2.11. The van der Waals surface area contributed by atoms with Gasteiger partial charge in [0.1, 0.15) is 0 Å². The highest BCUT2D eigenvalue weighted by Gasteiger charge is 2.26. The Balaban J connectivity index is 1.79. The van der Waals surface area contributed by atoms with Crippen molar-refractivity contribution >= 4 is 67.9 Å². The van der Waals surface area contributed by atoms with Gasteiger partial charge in [-0.25, -0.2) is 13.2 Å². The highest BCUT2D eigenvalue weighted by atomic mass is 35.5. The molecular weight excluding hydrogens is 397 g/mol. The summed E-state index contributed by atoms with van der Waals surface area (Å²) in [6.07, 6.45) is 0. The molecule has 0 radical (unpaired) electrons. The Kier molecular flexibility index (Phi) is 4.52. The molecule has 126 valence electrons. The van der Waals surface area contributed by atoms with Crippen molar-refractivity contribution in [1.82, 2.24) is 0 Å². The molecule has 1 heterocycles. The van der Waals surface area contributed by atoms with Crippen molar-refractivity contribution in [3.05, 3.63) is 51.0 Å². The van der Waals surface area contributed by atoms with Crippen molar-refractivity contribution in [2.45, 2.75) is 5.75 Å². The van der Waals surface area contributed by atoms with E-state index in [0.717, 1.165) is 0 Å². The van der Waals surface area contributed by atoms with E-state index in [1.165, 1.54) is 12.1 Å². The van der Waals surface area contributed by atoms with Gasteiger partial charge in [-0.1, -0.05) is 40.9 Å². The molecule has 2 aromatic carbocycles. The first-order valence-electron chi connectivity index (χ1n) is 6.60. The lowest BCUT2D eigenvalue weighted by atomic mass is 10.2. The van der Waals surface area contributed by atoms with E-state index in [0.29, 0.717) is 27.6 Å². The van der Waals surface area contributed by atoms with Crippen LogP contribution in [0.3, 0.4) is 0 Å². The lowest BCUT2D eigenvalue weighted by Crippen LogP contribution is -2.19. The molecule has 0 fully saturated rings. The molecule has 0 bridgehead atoms. The van der Waals surface area contributed by atoms with Crippen LogP contribution in [-0.4, -0.2) is 14.4 Å².